The molecular formula is C25H31NO3S. The van der Waals surface area contributed by atoms with E-state index in [1.54, 1.807) is 11.3 Å². The number of hydrogen-bond donors (Lipinski definition) is 2. The number of rotatable bonds is 8. The number of hydrogen-bond acceptors (Lipinski definition) is 3. The van der Waals surface area contributed by atoms with Gasteiger partial charge >= 0.3 is 5.97 Å². The molecular weight excluding hydrogens is 394 g/mol. The zero-order chi connectivity index (χ0) is 21.3. The van der Waals surface area contributed by atoms with Gasteiger partial charge in [-0.3, -0.25) is 9.59 Å². The number of carbonyl (C=O) groups is 2. The molecule has 3 saturated carbocycles. The highest BCUT2D eigenvalue weighted by Gasteiger charge is 2.57. The van der Waals surface area contributed by atoms with Crippen LogP contribution in [0.2, 0.25) is 0 Å². The number of benzene rings is 1. The highest BCUT2D eigenvalue weighted by Crippen LogP contribution is 2.61. The number of thiophene rings is 1. The van der Waals surface area contributed by atoms with Crippen molar-refractivity contribution in [2.75, 3.05) is 0 Å². The minimum absolute atomic E-state index is 0.0460. The second kappa shape index (κ2) is 8.54. The van der Waals surface area contributed by atoms with Crippen LogP contribution in [0.4, 0.5) is 0 Å². The van der Waals surface area contributed by atoms with Crippen molar-refractivity contribution in [1.29, 1.82) is 0 Å². The maximum absolute atomic E-state index is 13.2. The van der Waals surface area contributed by atoms with Crippen LogP contribution >= 0.6 is 11.3 Å². The number of carbonyl (C=O) groups excluding carboxylic acids is 1. The Labute approximate surface area is 182 Å². The number of unbranched alkanes of at least 4 members (excludes halogenated alkanes) is 1. The van der Waals surface area contributed by atoms with Gasteiger partial charge in [-0.2, -0.15) is 0 Å². The van der Waals surface area contributed by atoms with E-state index in [-0.39, 0.29) is 23.8 Å². The van der Waals surface area contributed by atoms with Crippen LogP contribution in [0.15, 0.2) is 41.8 Å². The summed E-state index contributed by atoms with van der Waals surface area (Å²) in [6, 6.07) is 8.21. The minimum atomic E-state index is -0.735. The third-order valence-electron chi connectivity index (χ3n) is 7.46. The molecule has 5 rings (SSSR count). The minimum Gasteiger partial charge on any atom is -0.481 e. The molecule has 30 heavy (non-hydrogen) atoms. The highest BCUT2D eigenvalue weighted by molar-refractivity contribution is 7.17. The Hall–Kier alpha value is -2.14. The van der Waals surface area contributed by atoms with Crippen LogP contribution in [0.1, 0.15) is 62.7 Å². The molecule has 2 aromatic rings. The third kappa shape index (κ3) is 4.04. The maximum atomic E-state index is 13.2. The number of amides is 1. The summed E-state index contributed by atoms with van der Waals surface area (Å²) in [6.45, 7) is 4.70. The number of carboxylic acid groups (broad SMARTS) is 1. The van der Waals surface area contributed by atoms with Crippen LogP contribution in [0.5, 0.6) is 0 Å². The van der Waals surface area contributed by atoms with Crippen LogP contribution in [0.3, 0.4) is 0 Å². The Morgan fingerprint density at radius 1 is 1.23 bits per heavy atom. The van der Waals surface area contributed by atoms with Gasteiger partial charge in [0.2, 0.25) is 0 Å². The van der Waals surface area contributed by atoms with Crippen molar-refractivity contribution in [2.45, 2.75) is 58.4 Å². The molecule has 3 aliphatic carbocycles. The summed E-state index contributed by atoms with van der Waals surface area (Å²) in [4.78, 5) is 23.9. The fraction of sp³-hybridized carbons (Fsp3) is 0.520. The highest BCUT2D eigenvalue weighted by atomic mass is 32.1. The topological polar surface area (TPSA) is 66.4 Å². The Kier molecular flexibility index (Phi) is 6.01. The van der Waals surface area contributed by atoms with Gasteiger partial charge in [0.15, 0.2) is 0 Å². The smallest absolute Gasteiger partial charge is 0.303 e. The number of fused-ring (bicyclic) bond motifs is 3. The molecule has 0 aliphatic heterocycles. The van der Waals surface area contributed by atoms with E-state index in [9.17, 15) is 9.59 Å². The third-order valence-corrected chi connectivity index (χ3v) is 8.43. The van der Waals surface area contributed by atoms with Gasteiger partial charge in [0.05, 0.1) is 5.56 Å². The van der Waals surface area contributed by atoms with Crippen molar-refractivity contribution in [3.8, 4) is 0 Å². The normalized spacial score (nSPS) is 27.1. The van der Waals surface area contributed by atoms with Gasteiger partial charge in [-0.05, 0) is 78.2 Å². The molecule has 5 heteroatoms. The Morgan fingerprint density at radius 3 is 2.83 bits per heavy atom. The number of nitrogens with one attached hydrogen (secondary N) is 1. The fourth-order valence-electron chi connectivity index (χ4n) is 5.53. The van der Waals surface area contributed by atoms with E-state index in [1.165, 1.54) is 6.42 Å². The van der Waals surface area contributed by atoms with Crippen molar-refractivity contribution in [3.63, 3.8) is 0 Å². The molecule has 2 N–H and O–H groups in total. The Bertz CT molecular complexity index is 960. The molecule has 3 aliphatic rings. The first kappa shape index (κ1) is 21.1. The summed E-state index contributed by atoms with van der Waals surface area (Å²) in [5.74, 6) is 1.02. The zero-order valence-electron chi connectivity index (χ0n) is 17.8. The number of carboxylic acids is 1. The van der Waals surface area contributed by atoms with E-state index in [0.717, 1.165) is 40.8 Å². The maximum Gasteiger partial charge on any atom is 0.303 e. The SMILES string of the molecule is CC1(C)C2C[C@@H](CC=CCCCC(=O)O)C(NC(=O)c3cccc4ccsc34)[C@H]1C2. The van der Waals surface area contributed by atoms with Gasteiger partial charge in [-0.1, -0.05) is 38.1 Å². The average Bonchev–Trinajstić information content (AvgIpc) is 3.19. The summed E-state index contributed by atoms with van der Waals surface area (Å²) >= 11 is 1.63. The fourth-order valence-corrected chi connectivity index (χ4v) is 6.44. The molecule has 1 heterocycles. The van der Waals surface area contributed by atoms with E-state index >= 15 is 0 Å². The zero-order valence-corrected chi connectivity index (χ0v) is 18.6. The molecule has 160 valence electrons. The standard InChI is InChI=1S/C25H31NO3S/c1-25(2)18-14-17(8-5-3-4-6-11-21(27)28)22(20(25)15-18)26-24(29)19-10-7-9-16-12-13-30-23(16)19/h3,5,7,9-10,12-13,17-18,20,22H,4,6,8,11,14-15H2,1-2H3,(H,26,29)(H,27,28)/t17-,18?,20-,22?/m1/s1. The molecule has 0 saturated heterocycles. The van der Waals surface area contributed by atoms with E-state index in [0.29, 0.717) is 18.3 Å². The lowest BCUT2D eigenvalue weighted by atomic mass is 9.44. The van der Waals surface area contributed by atoms with Gasteiger partial charge < -0.3 is 10.4 Å². The summed E-state index contributed by atoms with van der Waals surface area (Å²) in [5, 5.41) is 15.4. The summed E-state index contributed by atoms with van der Waals surface area (Å²) < 4.78 is 1.06. The molecule has 0 spiro atoms. The molecule has 2 unspecified atom stereocenters. The predicted molar refractivity (Wildman–Crippen MR) is 122 cm³/mol. The van der Waals surface area contributed by atoms with E-state index in [4.69, 9.17) is 5.11 Å². The summed E-state index contributed by atoms with van der Waals surface area (Å²) in [7, 11) is 0. The van der Waals surface area contributed by atoms with Crippen molar-refractivity contribution in [2.24, 2.45) is 23.2 Å². The van der Waals surface area contributed by atoms with Crippen LogP contribution in [0.25, 0.3) is 10.1 Å². The lowest BCUT2D eigenvalue weighted by Gasteiger charge is -2.62. The van der Waals surface area contributed by atoms with Gasteiger partial charge in [0.1, 0.15) is 0 Å². The van der Waals surface area contributed by atoms with Crippen LogP contribution in [0, 0.1) is 23.2 Å². The quantitative estimate of drug-likeness (QED) is 0.410. The lowest BCUT2D eigenvalue weighted by molar-refractivity contribution is -0.137. The van der Waals surface area contributed by atoms with Crippen molar-refractivity contribution < 1.29 is 14.7 Å². The molecule has 2 bridgehead atoms. The van der Waals surface area contributed by atoms with E-state index < -0.39 is 5.97 Å². The number of aliphatic carboxylic acids is 1. The van der Waals surface area contributed by atoms with Gasteiger partial charge in [0.25, 0.3) is 5.91 Å². The summed E-state index contributed by atoms with van der Waals surface area (Å²) in [6.07, 6.45) is 9.32. The van der Waals surface area contributed by atoms with Crippen LogP contribution < -0.4 is 5.32 Å². The lowest BCUT2D eigenvalue weighted by Crippen LogP contribution is -2.63. The van der Waals surface area contributed by atoms with E-state index in [1.807, 2.05) is 17.5 Å². The second-order valence-electron chi connectivity index (χ2n) is 9.49. The monoisotopic (exact) mass is 425 g/mol. The largest absolute Gasteiger partial charge is 0.481 e. The summed E-state index contributed by atoms with van der Waals surface area (Å²) in [5.41, 5.74) is 1.07. The molecule has 1 amide bonds. The van der Waals surface area contributed by atoms with Crippen LogP contribution in [-0.2, 0) is 4.79 Å². The van der Waals surface area contributed by atoms with Gasteiger partial charge in [-0.25, -0.2) is 0 Å². The first-order chi connectivity index (χ1) is 14.4. The molecule has 1 aromatic carbocycles. The first-order valence-electron chi connectivity index (χ1n) is 11.0. The van der Waals surface area contributed by atoms with Crippen molar-refractivity contribution >= 4 is 33.3 Å². The predicted octanol–water partition coefficient (Wildman–Crippen LogP) is 5.88. The van der Waals surface area contributed by atoms with Crippen molar-refractivity contribution in [3.05, 3.63) is 47.4 Å². The second-order valence-corrected chi connectivity index (χ2v) is 10.4. The average molecular weight is 426 g/mol. The van der Waals surface area contributed by atoms with Crippen molar-refractivity contribution in [1.82, 2.24) is 5.32 Å². The Balaban J connectivity index is 1.45. The molecule has 1 aromatic heterocycles. The van der Waals surface area contributed by atoms with Gasteiger partial charge in [0, 0.05) is 17.2 Å². The molecule has 4 atom stereocenters. The molecule has 3 fully saturated rings. The molecule has 0 radical (unpaired) electrons. The number of allylic oxidation sites excluding steroid dienone is 2. The van der Waals surface area contributed by atoms with Gasteiger partial charge in [-0.15, -0.1) is 11.3 Å². The van der Waals surface area contributed by atoms with E-state index in [2.05, 4.69) is 43.4 Å². The Morgan fingerprint density at radius 2 is 2.07 bits per heavy atom. The van der Waals surface area contributed by atoms with Crippen LogP contribution in [-0.4, -0.2) is 23.0 Å². The molecule has 4 nitrogen and oxygen atoms in total. The first-order valence-corrected chi connectivity index (χ1v) is 11.9.